The maximum Gasteiger partial charge on any atom is 0.336 e. The third kappa shape index (κ3) is 5.28. The summed E-state index contributed by atoms with van der Waals surface area (Å²) in [6.07, 6.45) is 1.01. The van der Waals surface area contributed by atoms with Crippen LogP contribution < -0.4 is 9.47 Å². The number of aromatic carboxylic acids is 1. The summed E-state index contributed by atoms with van der Waals surface area (Å²) in [6.45, 7) is 1.99. The van der Waals surface area contributed by atoms with Gasteiger partial charge in [0.25, 0.3) is 0 Å². The van der Waals surface area contributed by atoms with Crippen LogP contribution in [0.1, 0.15) is 71.7 Å². The van der Waals surface area contributed by atoms with Crippen molar-refractivity contribution in [1.82, 2.24) is 0 Å². The van der Waals surface area contributed by atoms with E-state index in [1.807, 2.05) is 6.92 Å². The average molecular weight is 557 g/mol. The van der Waals surface area contributed by atoms with Crippen LogP contribution >= 0.6 is 0 Å². The molecular weight excluding hydrogens is 528 g/mol. The second-order valence-electron chi connectivity index (χ2n) is 9.47. The van der Waals surface area contributed by atoms with Gasteiger partial charge in [-0.2, -0.15) is 0 Å². The Morgan fingerprint density at radius 1 is 0.850 bits per heavy atom. The van der Waals surface area contributed by atoms with E-state index in [1.165, 1.54) is 12.1 Å². The molecule has 0 radical (unpaired) electrons. The smallest absolute Gasteiger partial charge is 0.336 e. The van der Waals surface area contributed by atoms with E-state index in [-0.39, 0.29) is 46.8 Å². The summed E-state index contributed by atoms with van der Waals surface area (Å²) in [7, 11) is 0. The number of carboxylic acids is 1. The van der Waals surface area contributed by atoms with Crippen molar-refractivity contribution >= 4 is 11.9 Å². The molecule has 1 aliphatic rings. The molecule has 3 aromatic rings. The van der Waals surface area contributed by atoms with E-state index in [2.05, 4.69) is 0 Å². The first-order chi connectivity index (χ1) is 18.9. The number of hydrogen-bond donors (Lipinski definition) is 8. The van der Waals surface area contributed by atoms with Gasteiger partial charge in [-0.05, 0) is 31.0 Å². The van der Waals surface area contributed by atoms with Crippen molar-refractivity contribution in [3.05, 3.63) is 52.6 Å². The third-order valence-corrected chi connectivity index (χ3v) is 6.73. The molecule has 0 saturated carbocycles. The number of rotatable bonds is 8. The number of ether oxygens (including phenoxy) is 2. The van der Waals surface area contributed by atoms with E-state index in [0.29, 0.717) is 6.42 Å². The van der Waals surface area contributed by atoms with Crippen molar-refractivity contribution in [2.75, 3.05) is 0 Å². The van der Waals surface area contributed by atoms with Crippen molar-refractivity contribution in [1.29, 1.82) is 0 Å². The van der Waals surface area contributed by atoms with Crippen LogP contribution in [0.4, 0.5) is 0 Å². The predicted molar refractivity (Wildman–Crippen MR) is 138 cm³/mol. The van der Waals surface area contributed by atoms with Crippen LogP contribution in [-0.2, 0) is 11.2 Å². The van der Waals surface area contributed by atoms with Gasteiger partial charge in [0.05, 0.1) is 5.56 Å². The maximum absolute atomic E-state index is 12.2. The molecule has 8 N–H and O–H groups in total. The van der Waals surface area contributed by atoms with Gasteiger partial charge >= 0.3 is 11.9 Å². The number of unbranched alkanes of at least 4 members (excludes halogenated alkanes) is 2. The quantitative estimate of drug-likeness (QED) is 0.0845. The molecule has 1 unspecified atom stereocenters. The Balaban J connectivity index is 1.85. The number of phenols is 7. The molecule has 0 bridgehead atoms. The lowest BCUT2D eigenvalue weighted by atomic mass is 9.79. The van der Waals surface area contributed by atoms with Crippen molar-refractivity contribution in [3.8, 4) is 51.7 Å². The maximum atomic E-state index is 12.2. The number of benzene rings is 3. The molecule has 0 aromatic heterocycles. The molecule has 4 rings (SSSR count). The van der Waals surface area contributed by atoms with Crippen LogP contribution in [0.3, 0.4) is 0 Å². The zero-order valence-electron chi connectivity index (χ0n) is 21.3. The van der Waals surface area contributed by atoms with E-state index in [0.717, 1.165) is 31.0 Å². The summed E-state index contributed by atoms with van der Waals surface area (Å²) < 4.78 is 11.4. The summed E-state index contributed by atoms with van der Waals surface area (Å²) in [5, 5.41) is 81.6. The molecule has 0 spiro atoms. The van der Waals surface area contributed by atoms with Gasteiger partial charge in [-0.1, -0.05) is 19.8 Å². The van der Waals surface area contributed by atoms with E-state index in [4.69, 9.17) is 9.47 Å². The standard InChI is InChI=1S/C28H28O12/c1-2-3-4-5-22(33)39-13-8-17(29)14-10-15(23-16(28(37)38)11-20(32)25(35)26(23)36)27(40-21(14)9-13)12-6-18(30)24(34)19(31)7-12/h6-9,11,15,27,29-32,34-36H,2-5,10H2,1H3,(H,37,38)/t15?,27-/m0/s1. The Hall–Kier alpha value is -5.00. The molecule has 40 heavy (non-hydrogen) atoms. The van der Waals surface area contributed by atoms with Gasteiger partial charge in [-0.3, -0.25) is 4.79 Å². The van der Waals surface area contributed by atoms with Crippen molar-refractivity contribution in [2.24, 2.45) is 0 Å². The lowest BCUT2D eigenvalue weighted by molar-refractivity contribution is -0.134. The number of hydrogen-bond acceptors (Lipinski definition) is 11. The van der Waals surface area contributed by atoms with Crippen LogP contribution in [0.2, 0.25) is 0 Å². The monoisotopic (exact) mass is 556 g/mol. The molecular formula is C28H28O12. The highest BCUT2D eigenvalue weighted by Crippen LogP contribution is 2.54. The van der Waals surface area contributed by atoms with Gasteiger partial charge in [0.15, 0.2) is 28.7 Å². The Bertz CT molecular complexity index is 1460. The summed E-state index contributed by atoms with van der Waals surface area (Å²) in [6, 6.07) is 5.36. The summed E-state index contributed by atoms with van der Waals surface area (Å²) in [5.74, 6) is -8.75. The normalized spacial score (nSPS) is 16.1. The first-order valence-corrected chi connectivity index (χ1v) is 12.4. The minimum atomic E-state index is -1.56. The lowest BCUT2D eigenvalue weighted by Gasteiger charge is -2.36. The molecule has 0 aliphatic carbocycles. The fraction of sp³-hybridized carbons (Fsp3) is 0.286. The molecule has 0 saturated heterocycles. The predicted octanol–water partition coefficient (Wildman–Crippen LogP) is 4.27. The molecule has 2 atom stereocenters. The van der Waals surface area contributed by atoms with E-state index in [1.54, 1.807) is 0 Å². The third-order valence-electron chi connectivity index (χ3n) is 6.73. The molecule has 0 fully saturated rings. The second-order valence-corrected chi connectivity index (χ2v) is 9.47. The zero-order valence-corrected chi connectivity index (χ0v) is 21.3. The minimum Gasteiger partial charge on any atom is -0.507 e. The van der Waals surface area contributed by atoms with Crippen LogP contribution in [-0.4, -0.2) is 52.8 Å². The number of aromatic hydroxyl groups is 7. The number of esters is 1. The van der Waals surface area contributed by atoms with Gasteiger partial charge in [-0.15, -0.1) is 0 Å². The lowest BCUT2D eigenvalue weighted by Crippen LogP contribution is -2.26. The molecule has 12 nitrogen and oxygen atoms in total. The highest BCUT2D eigenvalue weighted by atomic mass is 16.5. The van der Waals surface area contributed by atoms with Crippen LogP contribution in [0.25, 0.3) is 0 Å². The number of carbonyl (C=O) groups excluding carboxylic acids is 1. The van der Waals surface area contributed by atoms with E-state index < -0.39 is 64.0 Å². The molecule has 212 valence electrons. The second kappa shape index (κ2) is 11.0. The summed E-state index contributed by atoms with van der Waals surface area (Å²) >= 11 is 0. The van der Waals surface area contributed by atoms with Crippen LogP contribution in [0, 0.1) is 0 Å². The fourth-order valence-electron chi connectivity index (χ4n) is 4.78. The largest absolute Gasteiger partial charge is 0.507 e. The van der Waals surface area contributed by atoms with Crippen LogP contribution in [0.15, 0.2) is 30.3 Å². The summed E-state index contributed by atoms with van der Waals surface area (Å²) in [4.78, 5) is 24.3. The number of fused-ring (bicyclic) bond motifs is 1. The van der Waals surface area contributed by atoms with Gasteiger partial charge in [-0.25, -0.2) is 4.79 Å². The molecule has 12 heteroatoms. The van der Waals surface area contributed by atoms with Gasteiger partial charge in [0.2, 0.25) is 5.75 Å². The fourth-order valence-corrected chi connectivity index (χ4v) is 4.78. The van der Waals surface area contributed by atoms with E-state index in [9.17, 15) is 50.4 Å². The van der Waals surface area contributed by atoms with Crippen molar-refractivity contribution < 1.29 is 59.9 Å². The van der Waals surface area contributed by atoms with Crippen molar-refractivity contribution in [3.63, 3.8) is 0 Å². The zero-order chi connectivity index (χ0) is 29.3. The average Bonchev–Trinajstić information content (AvgIpc) is 2.89. The van der Waals surface area contributed by atoms with Gasteiger partial charge in [0, 0.05) is 41.2 Å². The van der Waals surface area contributed by atoms with Crippen molar-refractivity contribution in [2.45, 2.75) is 51.0 Å². The molecule has 1 heterocycles. The number of carbonyl (C=O) groups is 2. The van der Waals surface area contributed by atoms with Gasteiger partial charge < -0.3 is 50.3 Å². The van der Waals surface area contributed by atoms with E-state index >= 15 is 0 Å². The Labute approximate surface area is 227 Å². The molecule has 3 aromatic carbocycles. The highest BCUT2D eigenvalue weighted by Gasteiger charge is 2.40. The number of phenolic OH excluding ortho intramolecular Hbond substituents is 7. The Morgan fingerprint density at radius 3 is 2.12 bits per heavy atom. The summed E-state index contributed by atoms with van der Waals surface area (Å²) in [5.41, 5.74) is -0.786. The topological polar surface area (TPSA) is 214 Å². The Morgan fingerprint density at radius 2 is 1.50 bits per heavy atom. The Kier molecular flexibility index (Phi) is 7.71. The number of carboxylic acid groups (broad SMARTS) is 1. The highest BCUT2D eigenvalue weighted by molar-refractivity contribution is 5.92. The SMILES string of the molecule is CCCCCC(=O)Oc1cc(O)c2c(c1)O[C@@H](c1cc(O)c(O)c(O)c1)C(c1c(C(=O)O)cc(O)c(O)c1O)C2. The minimum absolute atomic E-state index is 0.0176. The molecule has 0 amide bonds. The first kappa shape index (κ1) is 28.0. The van der Waals surface area contributed by atoms with Crippen LogP contribution in [0.5, 0.6) is 51.7 Å². The van der Waals surface area contributed by atoms with Gasteiger partial charge in [0.1, 0.15) is 23.4 Å². The first-order valence-electron chi connectivity index (χ1n) is 12.4. The molecule has 1 aliphatic heterocycles.